The average Bonchev–Trinajstić information content (AvgIpc) is 2.27. The van der Waals surface area contributed by atoms with Crippen LogP contribution in [0.25, 0.3) is 0 Å². The Morgan fingerprint density at radius 1 is 1.17 bits per heavy atom. The van der Waals surface area contributed by atoms with Crippen LogP contribution in [-0.4, -0.2) is 34.0 Å². The lowest BCUT2D eigenvalue weighted by atomic mass is 10.1. The third-order valence-electron chi connectivity index (χ3n) is 2.51. The number of halogens is 1. The second kappa shape index (κ2) is 6.97. The predicted octanol–water partition coefficient (Wildman–Crippen LogP) is 2.27. The molecule has 0 heterocycles. The van der Waals surface area contributed by atoms with Gasteiger partial charge < -0.3 is 9.47 Å². The monoisotopic (exact) mass is 292 g/mol. The van der Waals surface area contributed by atoms with Gasteiger partial charge in [0.05, 0.1) is 19.0 Å². The normalized spacial score (nSPS) is 11.5. The highest BCUT2D eigenvalue weighted by Gasteiger charge is 2.04. The second-order valence-electron chi connectivity index (χ2n) is 3.90. The van der Waals surface area contributed by atoms with E-state index in [1.165, 1.54) is 5.56 Å². The van der Waals surface area contributed by atoms with Crippen LogP contribution in [0.1, 0.15) is 11.1 Å². The second-order valence-corrected chi connectivity index (χ2v) is 6.80. The molecule has 6 heteroatoms. The number of hydrogen-bond acceptors (Lipinski definition) is 4. The van der Waals surface area contributed by atoms with Crippen molar-refractivity contribution in [3.8, 4) is 5.75 Å². The van der Waals surface area contributed by atoms with E-state index in [9.17, 15) is 8.42 Å². The van der Waals surface area contributed by atoms with Crippen LogP contribution in [0.5, 0.6) is 5.75 Å². The van der Waals surface area contributed by atoms with Crippen molar-refractivity contribution >= 4 is 19.7 Å². The van der Waals surface area contributed by atoms with Gasteiger partial charge in [0.2, 0.25) is 9.05 Å². The minimum atomic E-state index is -3.47. The third-order valence-corrected chi connectivity index (χ3v) is 3.63. The van der Waals surface area contributed by atoms with Crippen LogP contribution in [0.2, 0.25) is 0 Å². The van der Waals surface area contributed by atoms with E-state index < -0.39 is 9.05 Å². The van der Waals surface area contributed by atoms with Gasteiger partial charge in [0, 0.05) is 10.7 Å². The van der Waals surface area contributed by atoms with Gasteiger partial charge >= 0.3 is 0 Å². The first kappa shape index (κ1) is 15.3. The Labute approximate surface area is 112 Å². The predicted molar refractivity (Wildman–Crippen MR) is 71.9 cm³/mol. The number of rotatable bonds is 7. The molecular formula is C12H17ClO4S. The van der Waals surface area contributed by atoms with E-state index in [2.05, 4.69) is 0 Å². The molecule has 1 aromatic rings. The topological polar surface area (TPSA) is 52.6 Å². The highest BCUT2D eigenvalue weighted by molar-refractivity contribution is 8.13. The molecule has 1 rings (SSSR count). The molecule has 18 heavy (non-hydrogen) atoms. The quantitative estimate of drug-likeness (QED) is 0.571. The van der Waals surface area contributed by atoms with Crippen molar-refractivity contribution in [2.24, 2.45) is 0 Å². The van der Waals surface area contributed by atoms with Gasteiger partial charge in [-0.15, -0.1) is 0 Å². The molecule has 4 nitrogen and oxygen atoms in total. The summed E-state index contributed by atoms with van der Waals surface area (Å²) in [7, 11) is 1.57. The zero-order valence-corrected chi connectivity index (χ0v) is 12.1. The summed E-state index contributed by atoms with van der Waals surface area (Å²) >= 11 is 0. The molecule has 0 atom stereocenters. The fourth-order valence-corrected chi connectivity index (χ4v) is 1.86. The van der Waals surface area contributed by atoms with Crippen LogP contribution in [0.3, 0.4) is 0 Å². The average molecular weight is 293 g/mol. The molecule has 0 aliphatic rings. The first-order valence-corrected chi connectivity index (χ1v) is 8.07. The van der Waals surface area contributed by atoms with Gasteiger partial charge in [-0.05, 0) is 31.0 Å². The fourth-order valence-electron chi connectivity index (χ4n) is 1.35. The molecule has 0 saturated heterocycles. The zero-order chi connectivity index (χ0) is 13.6. The molecule has 0 unspecified atom stereocenters. The van der Waals surface area contributed by atoms with E-state index in [1.54, 1.807) is 0 Å². The molecule has 0 amide bonds. The summed E-state index contributed by atoms with van der Waals surface area (Å²) in [5.41, 5.74) is 2.27. The maximum absolute atomic E-state index is 10.6. The van der Waals surface area contributed by atoms with Gasteiger partial charge in [0.15, 0.2) is 0 Å². The summed E-state index contributed by atoms with van der Waals surface area (Å²) in [5, 5.41) is 0. The van der Waals surface area contributed by atoms with Crippen molar-refractivity contribution in [2.75, 3.05) is 25.6 Å². The van der Waals surface area contributed by atoms with Gasteiger partial charge in [-0.3, -0.25) is 0 Å². The molecule has 0 N–H and O–H groups in total. The molecule has 0 radical (unpaired) electrons. The molecular weight excluding hydrogens is 276 g/mol. The Morgan fingerprint density at radius 2 is 1.89 bits per heavy atom. The smallest absolute Gasteiger partial charge is 0.234 e. The Balaban J connectivity index is 2.24. The lowest BCUT2D eigenvalue weighted by Gasteiger charge is -2.10. The standard InChI is InChI=1S/C12H17ClO4S/c1-10-4-3-5-12(11(10)2)17-7-6-16-8-9-18(13,14)15/h3-5H,6-9H2,1-2H3. The lowest BCUT2D eigenvalue weighted by molar-refractivity contribution is 0.111. The van der Waals surface area contributed by atoms with Crippen LogP contribution in [0.4, 0.5) is 0 Å². The van der Waals surface area contributed by atoms with E-state index in [0.717, 1.165) is 11.3 Å². The zero-order valence-electron chi connectivity index (χ0n) is 10.5. The summed E-state index contributed by atoms with van der Waals surface area (Å²) < 4.78 is 31.9. The largest absolute Gasteiger partial charge is 0.491 e. The molecule has 0 fully saturated rings. The number of hydrogen-bond donors (Lipinski definition) is 0. The van der Waals surface area contributed by atoms with Crippen molar-refractivity contribution in [1.82, 2.24) is 0 Å². The molecule has 1 aromatic carbocycles. The van der Waals surface area contributed by atoms with Crippen LogP contribution in [0.15, 0.2) is 18.2 Å². The van der Waals surface area contributed by atoms with Gasteiger partial charge in [0.1, 0.15) is 12.4 Å². The summed E-state index contributed by atoms with van der Waals surface area (Å²) in [6.45, 7) is 4.81. The maximum Gasteiger partial charge on any atom is 0.234 e. The molecule has 102 valence electrons. The first-order chi connectivity index (χ1) is 8.40. The molecule has 0 aromatic heterocycles. The summed E-state index contributed by atoms with van der Waals surface area (Å²) in [6, 6.07) is 5.84. The Hall–Kier alpha value is -0.780. The summed E-state index contributed by atoms with van der Waals surface area (Å²) in [6.07, 6.45) is 0. The van der Waals surface area contributed by atoms with Crippen molar-refractivity contribution in [2.45, 2.75) is 13.8 Å². The van der Waals surface area contributed by atoms with Gasteiger partial charge in [0.25, 0.3) is 0 Å². The van der Waals surface area contributed by atoms with Crippen molar-refractivity contribution in [3.63, 3.8) is 0 Å². The van der Waals surface area contributed by atoms with Gasteiger partial charge in [-0.1, -0.05) is 12.1 Å². The highest BCUT2D eigenvalue weighted by atomic mass is 35.7. The van der Waals surface area contributed by atoms with Crippen molar-refractivity contribution in [1.29, 1.82) is 0 Å². The maximum atomic E-state index is 10.6. The minimum absolute atomic E-state index is 0.0853. The summed E-state index contributed by atoms with van der Waals surface area (Å²) in [5.74, 6) is 0.640. The fraction of sp³-hybridized carbons (Fsp3) is 0.500. The molecule has 0 aliphatic heterocycles. The SMILES string of the molecule is Cc1cccc(OCCOCCS(=O)(=O)Cl)c1C. The van der Waals surface area contributed by atoms with Crippen LogP contribution in [-0.2, 0) is 13.8 Å². The van der Waals surface area contributed by atoms with Crippen molar-refractivity contribution < 1.29 is 17.9 Å². The number of ether oxygens (including phenoxy) is 2. The van der Waals surface area contributed by atoms with Gasteiger partial charge in [-0.2, -0.15) is 0 Å². The van der Waals surface area contributed by atoms with E-state index >= 15 is 0 Å². The van der Waals surface area contributed by atoms with E-state index in [1.807, 2.05) is 32.0 Å². The lowest BCUT2D eigenvalue weighted by Crippen LogP contribution is -2.12. The van der Waals surface area contributed by atoms with Crippen LogP contribution >= 0.6 is 10.7 Å². The van der Waals surface area contributed by atoms with Crippen LogP contribution < -0.4 is 4.74 Å². The third kappa shape index (κ3) is 5.71. The van der Waals surface area contributed by atoms with E-state index in [0.29, 0.717) is 13.2 Å². The number of aryl methyl sites for hydroxylation is 1. The minimum Gasteiger partial charge on any atom is -0.491 e. The van der Waals surface area contributed by atoms with Gasteiger partial charge in [-0.25, -0.2) is 8.42 Å². The summed E-state index contributed by atoms with van der Waals surface area (Å²) in [4.78, 5) is 0. The molecule has 0 spiro atoms. The Bertz CT molecular complexity index is 485. The number of benzene rings is 1. The Kier molecular flexibility index (Phi) is 5.91. The highest BCUT2D eigenvalue weighted by Crippen LogP contribution is 2.20. The van der Waals surface area contributed by atoms with Crippen LogP contribution in [0, 0.1) is 13.8 Å². The first-order valence-electron chi connectivity index (χ1n) is 5.59. The Morgan fingerprint density at radius 3 is 2.56 bits per heavy atom. The molecule has 0 saturated carbocycles. The molecule has 0 bridgehead atoms. The van der Waals surface area contributed by atoms with E-state index in [4.69, 9.17) is 20.2 Å². The molecule has 0 aliphatic carbocycles. The van der Waals surface area contributed by atoms with Crippen molar-refractivity contribution in [3.05, 3.63) is 29.3 Å². The van der Waals surface area contributed by atoms with E-state index in [-0.39, 0.29) is 12.4 Å².